The summed E-state index contributed by atoms with van der Waals surface area (Å²) >= 11 is 13.0. The first-order valence-corrected chi connectivity index (χ1v) is 23.9. The number of hydrogen-bond acceptors (Lipinski definition) is 5. The normalized spacial score (nSPS) is 10.9. The van der Waals surface area contributed by atoms with Crippen LogP contribution in [-0.4, -0.2) is 26.3 Å². The van der Waals surface area contributed by atoms with Crippen molar-refractivity contribution in [3.05, 3.63) is 170 Å². The largest absolute Gasteiger partial charge is 0.497 e. The number of halogens is 2. The highest BCUT2D eigenvalue weighted by Gasteiger charge is 2.23. The van der Waals surface area contributed by atoms with E-state index in [0.29, 0.717) is 59.2 Å². The topological polar surface area (TPSA) is 109 Å². The summed E-state index contributed by atoms with van der Waals surface area (Å²) in [5, 5.41) is 7.56. The molecule has 0 unspecified atom stereocenters. The Morgan fingerprint density at radius 3 is 1.31 bits per heavy atom. The van der Waals surface area contributed by atoms with Crippen LogP contribution in [0, 0.1) is 0 Å². The second-order valence-electron chi connectivity index (χ2n) is 17.0. The lowest BCUT2D eigenvalue weighted by Crippen LogP contribution is -2.35. The first-order chi connectivity index (χ1) is 32.2. The Hall–Kier alpha value is -6.16. The Kier molecular flexibility index (Phi) is 19.0. The zero-order valence-electron chi connectivity index (χ0n) is 40.7. The van der Waals surface area contributed by atoms with E-state index < -0.39 is 0 Å². The van der Waals surface area contributed by atoms with Crippen molar-refractivity contribution in [2.45, 2.75) is 106 Å². The lowest BCUT2D eigenvalue weighted by molar-refractivity contribution is 0.256. The molecule has 6 aromatic rings. The van der Waals surface area contributed by atoms with Gasteiger partial charge in [-0.1, -0.05) is 133 Å². The van der Waals surface area contributed by atoms with Gasteiger partial charge in [0.25, 0.3) is 0 Å². The van der Waals surface area contributed by atoms with Gasteiger partial charge in [0.15, 0.2) is 0 Å². The highest BCUT2D eigenvalue weighted by molar-refractivity contribution is 6.32. The summed E-state index contributed by atoms with van der Waals surface area (Å²) in [6.45, 7) is 17.6. The predicted octanol–water partition coefficient (Wildman–Crippen LogP) is 15.3. The maximum absolute atomic E-state index is 13.7. The Bertz CT molecular complexity index is 2530. The Morgan fingerprint density at radius 2 is 0.940 bits per heavy atom. The van der Waals surface area contributed by atoms with E-state index in [2.05, 4.69) is 76.4 Å². The molecule has 0 atom stereocenters. The van der Waals surface area contributed by atoms with Crippen LogP contribution in [-0.2, 0) is 38.8 Å². The minimum Gasteiger partial charge on any atom is -0.497 e. The van der Waals surface area contributed by atoms with Crippen LogP contribution in [0.5, 0.6) is 11.5 Å². The molecule has 0 heterocycles. The first-order valence-electron chi connectivity index (χ1n) is 23.2. The van der Waals surface area contributed by atoms with E-state index in [-0.39, 0.29) is 12.1 Å². The number of hydrogen-bond donors (Lipinski definition) is 3. The number of nitrogens with zero attached hydrogens (tertiary/aromatic N) is 2. The third kappa shape index (κ3) is 13.3. The minimum atomic E-state index is -0.237. The molecule has 0 aromatic heterocycles. The molecule has 0 saturated carbocycles. The summed E-state index contributed by atoms with van der Waals surface area (Å²) in [4.78, 5) is 30.9. The molecule has 4 amide bonds. The van der Waals surface area contributed by atoms with Crippen molar-refractivity contribution in [3.8, 4) is 11.5 Å². The summed E-state index contributed by atoms with van der Waals surface area (Å²) in [5.41, 5.74) is 18.3. The van der Waals surface area contributed by atoms with Crippen LogP contribution in [0.2, 0.25) is 10.0 Å². The van der Waals surface area contributed by atoms with Crippen LogP contribution in [0.3, 0.4) is 0 Å². The predicted molar refractivity (Wildman–Crippen MR) is 282 cm³/mol. The number of benzene rings is 6. The molecule has 0 fully saturated rings. The van der Waals surface area contributed by atoms with Crippen LogP contribution >= 0.6 is 23.2 Å². The first kappa shape index (κ1) is 51.8. The molecule has 354 valence electrons. The average molecular weight is 945 g/mol. The molecule has 6 rings (SSSR count). The lowest BCUT2D eigenvalue weighted by atomic mass is 10.0. The fourth-order valence-electron chi connectivity index (χ4n) is 7.92. The number of methoxy groups -OCH3 is 2. The summed E-state index contributed by atoms with van der Waals surface area (Å²) < 4.78 is 10.6. The van der Waals surface area contributed by atoms with E-state index >= 15 is 0 Å². The standard InChI is InChI=1S/C28H34ClN3O2.C28H33ClN2O2/c1-6-23-25(29)16-26(30)24(7-2)27(23)31-28(33)32(17-19-8-14-22(34-5)15-9-19)21-12-10-20(11-13-21)18(3)4;1-6-21-12-17-26(29)25(7-2)27(21)30-28(32)31(18-20-8-15-24(33-5)16-9-20)23-13-10-22(11-14-23)19(3)4/h8-16,18H,6-7,17,30H2,1-5H3,(H,31,33);8-17,19H,6-7,18H2,1-5H3,(H,30,32). The molecule has 0 saturated heterocycles. The van der Waals surface area contributed by atoms with Gasteiger partial charge in [0.2, 0.25) is 0 Å². The van der Waals surface area contributed by atoms with Gasteiger partial charge in [-0.15, -0.1) is 0 Å². The second kappa shape index (κ2) is 24.6. The minimum absolute atomic E-state index is 0.185. The third-order valence-electron chi connectivity index (χ3n) is 12.0. The SMILES string of the molecule is CCc1c(N)cc(Cl)c(CC)c1NC(=O)N(Cc1ccc(OC)cc1)c1ccc(C(C)C)cc1.CCc1ccc(Cl)c(CC)c1NC(=O)N(Cc1ccc(OC)cc1)c1ccc(C(C)C)cc1. The molecule has 0 aliphatic heterocycles. The fourth-order valence-corrected chi connectivity index (χ4v) is 8.55. The number of nitrogen functional groups attached to an aromatic ring is 1. The monoisotopic (exact) mass is 943 g/mol. The quantitative estimate of drug-likeness (QED) is 0.0838. The molecule has 9 nitrogen and oxygen atoms in total. The van der Waals surface area contributed by atoms with Crippen molar-refractivity contribution in [1.29, 1.82) is 0 Å². The van der Waals surface area contributed by atoms with E-state index in [1.165, 1.54) is 11.1 Å². The Morgan fingerprint density at radius 1 is 0.537 bits per heavy atom. The lowest BCUT2D eigenvalue weighted by Gasteiger charge is -2.26. The molecule has 6 aromatic carbocycles. The van der Waals surface area contributed by atoms with Crippen molar-refractivity contribution in [1.82, 2.24) is 0 Å². The maximum atomic E-state index is 13.7. The van der Waals surface area contributed by atoms with Crippen LogP contribution in [0.25, 0.3) is 0 Å². The van der Waals surface area contributed by atoms with Crippen LogP contribution < -0.4 is 35.6 Å². The molecular formula is C56H67Cl2N5O4. The molecular weight excluding hydrogens is 878 g/mol. The van der Waals surface area contributed by atoms with Crippen molar-refractivity contribution in [2.24, 2.45) is 0 Å². The van der Waals surface area contributed by atoms with Gasteiger partial charge in [0.1, 0.15) is 11.5 Å². The van der Waals surface area contributed by atoms with E-state index in [0.717, 1.165) is 74.8 Å². The number of nitrogens with one attached hydrogen (secondary N) is 2. The molecule has 4 N–H and O–H groups in total. The molecule has 0 aliphatic carbocycles. The molecule has 0 spiro atoms. The van der Waals surface area contributed by atoms with Gasteiger partial charge >= 0.3 is 12.1 Å². The number of ether oxygens (including phenoxy) is 2. The smallest absolute Gasteiger partial charge is 0.326 e. The zero-order valence-corrected chi connectivity index (χ0v) is 42.2. The van der Waals surface area contributed by atoms with Gasteiger partial charge in [-0.25, -0.2) is 9.59 Å². The number of aryl methyl sites for hydroxylation is 1. The molecule has 11 heteroatoms. The van der Waals surface area contributed by atoms with Crippen molar-refractivity contribution in [2.75, 3.05) is 40.4 Å². The highest BCUT2D eigenvalue weighted by atomic mass is 35.5. The van der Waals surface area contributed by atoms with Crippen LogP contribution in [0.4, 0.5) is 38.0 Å². The summed E-state index contributed by atoms with van der Waals surface area (Å²) in [6.07, 6.45) is 2.92. The summed E-state index contributed by atoms with van der Waals surface area (Å²) in [6, 6.07) is 37.1. The Balaban J connectivity index is 0.000000251. The number of nitrogens with two attached hydrogens (primary N) is 1. The van der Waals surface area contributed by atoms with Crippen LogP contribution in [0.15, 0.2) is 115 Å². The van der Waals surface area contributed by atoms with E-state index in [4.69, 9.17) is 38.4 Å². The number of rotatable bonds is 16. The van der Waals surface area contributed by atoms with Crippen LogP contribution in [0.1, 0.15) is 112 Å². The number of urea groups is 2. The maximum Gasteiger partial charge on any atom is 0.326 e. The second-order valence-corrected chi connectivity index (χ2v) is 17.8. The summed E-state index contributed by atoms with van der Waals surface area (Å²) in [7, 11) is 3.28. The van der Waals surface area contributed by atoms with E-state index in [9.17, 15) is 9.59 Å². The average Bonchev–Trinajstić information content (AvgIpc) is 3.33. The van der Waals surface area contributed by atoms with Gasteiger partial charge in [-0.05, 0) is 143 Å². The third-order valence-corrected chi connectivity index (χ3v) is 12.7. The number of amides is 4. The number of anilines is 5. The molecule has 67 heavy (non-hydrogen) atoms. The molecule has 0 aliphatic rings. The summed E-state index contributed by atoms with van der Waals surface area (Å²) in [5.74, 6) is 2.39. The Labute approximate surface area is 408 Å². The van der Waals surface area contributed by atoms with Gasteiger partial charge < -0.3 is 25.8 Å². The molecule has 0 radical (unpaired) electrons. The zero-order chi connectivity index (χ0) is 48.8. The van der Waals surface area contributed by atoms with Crippen molar-refractivity contribution in [3.63, 3.8) is 0 Å². The van der Waals surface area contributed by atoms with E-state index in [1.807, 2.05) is 98.8 Å². The fraction of sp³-hybridized carbons (Fsp3) is 0.321. The van der Waals surface area contributed by atoms with Crippen molar-refractivity contribution < 1.29 is 19.1 Å². The van der Waals surface area contributed by atoms with Crippen molar-refractivity contribution >= 4 is 63.7 Å². The van der Waals surface area contributed by atoms with Gasteiger partial charge in [-0.2, -0.15) is 0 Å². The van der Waals surface area contributed by atoms with Gasteiger partial charge in [0.05, 0.1) is 38.7 Å². The highest BCUT2D eigenvalue weighted by Crippen LogP contribution is 2.36. The molecule has 0 bridgehead atoms. The van der Waals surface area contributed by atoms with Gasteiger partial charge in [-0.3, -0.25) is 9.80 Å². The van der Waals surface area contributed by atoms with E-state index in [1.54, 1.807) is 30.1 Å². The number of carbonyl (C=O) groups is 2. The van der Waals surface area contributed by atoms with Gasteiger partial charge in [0, 0.05) is 27.1 Å². The number of carbonyl (C=O) groups excluding carboxylic acids is 2.